The number of nitrogens with zero attached hydrogens (tertiary/aromatic N) is 8. The van der Waals surface area contributed by atoms with E-state index in [9.17, 15) is 41.5 Å². The van der Waals surface area contributed by atoms with Crippen LogP contribution in [0.25, 0.3) is 33.4 Å². The molecule has 1 aromatic carbocycles. The van der Waals surface area contributed by atoms with E-state index in [0.29, 0.717) is 17.7 Å². The van der Waals surface area contributed by atoms with Crippen LogP contribution in [0.1, 0.15) is 76.3 Å². The maximum absolute atomic E-state index is 17.0. The number of hydrazine groups is 1. The summed E-state index contributed by atoms with van der Waals surface area (Å²) in [6.45, 7) is 6.01. The van der Waals surface area contributed by atoms with E-state index in [1.807, 2.05) is 0 Å². The molecule has 438 valence electrons. The molecule has 17 nitrogen and oxygen atoms in total. The molecule has 4 amide bonds. The molecule has 3 saturated heterocycles. The van der Waals surface area contributed by atoms with Gasteiger partial charge in [0.1, 0.15) is 30.5 Å². The number of nitrogens with one attached hydrogen (secondary N) is 2. The van der Waals surface area contributed by atoms with Crippen molar-refractivity contribution in [3.63, 3.8) is 0 Å². The number of hydrogen-bond donors (Lipinski definition) is 2. The molecule has 80 heavy (non-hydrogen) atoms. The van der Waals surface area contributed by atoms with Crippen LogP contribution < -0.4 is 15.6 Å². The minimum absolute atomic E-state index is 0.0147. The van der Waals surface area contributed by atoms with Gasteiger partial charge in [-0.05, 0) is 62.3 Å². The minimum Gasteiger partial charge on any atom is -0.464 e. The number of anilines is 1. The fraction of sp³-hybridized carbons (Fsp3) is 0.604. The molecule has 3 fully saturated rings. The number of carbonyl (C=O) groups excluding carboxylic acids is 5. The number of benzene rings is 1. The first-order valence-corrected chi connectivity index (χ1v) is 27.7. The van der Waals surface area contributed by atoms with E-state index in [2.05, 4.69) is 10.7 Å². The average Bonchev–Trinajstić information content (AvgIpc) is 4.34. The lowest BCUT2D eigenvalue weighted by molar-refractivity contribution is -0.155. The van der Waals surface area contributed by atoms with Crippen molar-refractivity contribution in [3.05, 3.63) is 51.9 Å². The van der Waals surface area contributed by atoms with Gasteiger partial charge in [-0.2, -0.15) is 26.3 Å². The zero-order valence-electron chi connectivity index (χ0n) is 45.3. The molecule has 3 aromatic heterocycles. The number of pyridine rings is 1. The van der Waals surface area contributed by atoms with Crippen molar-refractivity contribution in [1.82, 2.24) is 45.0 Å². The number of aromatic nitrogens is 3. The molecule has 4 aliphatic rings. The molecule has 6 bridgehead atoms. The molecule has 0 aliphatic carbocycles. The summed E-state index contributed by atoms with van der Waals surface area (Å²) < 4.78 is 129. The molecule has 0 spiro atoms. The predicted molar refractivity (Wildman–Crippen MR) is 281 cm³/mol. The predicted octanol–water partition coefficient (Wildman–Crippen LogP) is 7.43. The van der Waals surface area contributed by atoms with E-state index in [4.69, 9.17) is 31.0 Å². The molecule has 7 heterocycles. The molecule has 0 unspecified atom stereocenters. The topological polar surface area (TPSA) is 175 Å². The fourth-order valence-corrected chi connectivity index (χ4v) is 12.1. The van der Waals surface area contributed by atoms with Crippen molar-refractivity contribution >= 4 is 69.1 Å². The summed E-state index contributed by atoms with van der Waals surface area (Å²) in [5.74, 6) is -5.86. The summed E-state index contributed by atoms with van der Waals surface area (Å²) in [4.78, 5) is 84.3. The number of methoxy groups -OCH3 is 1. The quantitative estimate of drug-likeness (QED) is 0.0817. The SMILES string of the molecule is CO[C@@H](C)c1ncc(N2CCN(CC(F)(F)F)CC2)cc1-c1c2c3cc(c(F)cc3n1CC(F)(F)F)-c1csc(n1)C[C@H](NC(=O)[C@H](C(C)C)N(C)C(=O)[C@H]1CCN(C(=O)[C@H](F)Cl)C1)C(=O)N1CCC[C@H](N1)C(=O)OCC(C)(C)C2. The number of fused-ring (bicyclic) bond motifs is 6. The van der Waals surface area contributed by atoms with Gasteiger partial charge in [0.15, 0.2) is 0 Å². The van der Waals surface area contributed by atoms with Crippen LogP contribution in [0, 0.1) is 23.1 Å². The van der Waals surface area contributed by atoms with E-state index >= 15 is 17.6 Å². The first-order chi connectivity index (χ1) is 37.5. The summed E-state index contributed by atoms with van der Waals surface area (Å²) in [7, 11) is 2.82. The summed E-state index contributed by atoms with van der Waals surface area (Å²) >= 11 is 6.42. The highest BCUT2D eigenvalue weighted by Gasteiger charge is 2.42. The lowest BCUT2D eigenvalue weighted by Gasteiger charge is -2.37. The maximum Gasteiger partial charge on any atom is 0.406 e. The molecule has 4 aromatic rings. The van der Waals surface area contributed by atoms with Gasteiger partial charge < -0.3 is 34.1 Å². The summed E-state index contributed by atoms with van der Waals surface area (Å²) in [6, 6.07) is 0.418. The highest BCUT2D eigenvalue weighted by Crippen LogP contribution is 2.45. The zero-order valence-corrected chi connectivity index (χ0v) is 46.9. The van der Waals surface area contributed by atoms with Gasteiger partial charge in [-0.25, -0.2) is 19.2 Å². The van der Waals surface area contributed by atoms with Crippen molar-refractivity contribution in [3.8, 4) is 22.5 Å². The van der Waals surface area contributed by atoms with E-state index in [1.165, 1.54) is 46.6 Å². The molecule has 2 N–H and O–H groups in total. The number of esters is 1. The molecule has 4 aliphatic heterocycles. The first kappa shape index (κ1) is 60.4. The Hall–Kier alpha value is -5.70. The molecule has 27 heteroatoms. The number of cyclic esters (lactones) is 1. The van der Waals surface area contributed by atoms with Crippen LogP contribution in [-0.4, -0.2) is 173 Å². The van der Waals surface area contributed by atoms with Crippen LogP contribution in [0.3, 0.4) is 0 Å². The summed E-state index contributed by atoms with van der Waals surface area (Å²) in [5, 5.41) is 5.97. The highest BCUT2D eigenvalue weighted by molar-refractivity contribution is 7.10. The second-order valence-electron chi connectivity index (χ2n) is 22.1. The Bertz CT molecular complexity index is 2970. The van der Waals surface area contributed by atoms with Crippen LogP contribution in [0.15, 0.2) is 29.8 Å². The normalized spacial score (nSPS) is 21.8. The number of hydrogen-bond acceptors (Lipinski definition) is 13. The molecule has 6 atom stereocenters. The number of ether oxygens (including phenoxy) is 2. The zero-order chi connectivity index (χ0) is 58.3. The Labute approximate surface area is 466 Å². The lowest BCUT2D eigenvalue weighted by atomic mass is 9.84. The van der Waals surface area contributed by atoms with Crippen molar-refractivity contribution in [2.45, 2.75) is 115 Å². The van der Waals surface area contributed by atoms with Crippen LogP contribution >= 0.6 is 22.9 Å². The molecular formula is C53H65ClF8N10O7S. The third kappa shape index (κ3) is 13.6. The van der Waals surface area contributed by atoms with Crippen molar-refractivity contribution < 1.29 is 68.6 Å². The average molecular weight is 1170 g/mol. The van der Waals surface area contributed by atoms with Gasteiger partial charge in [-0.1, -0.05) is 39.3 Å². The van der Waals surface area contributed by atoms with Gasteiger partial charge >= 0.3 is 18.3 Å². The van der Waals surface area contributed by atoms with Gasteiger partial charge in [-0.15, -0.1) is 11.3 Å². The van der Waals surface area contributed by atoms with Crippen molar-refractivity contribution in [2.75, 3.05) is 78.0 Å². The number of likely N-dealkylation sites (N-methyl/N-ethyl adjacent to an activating group) is 1. The number of halogens is 9. The van der Waals surface area contributed by atoms with E-state index in [1.54, 1.807) is 45.6 Å². The smallest absolute Gasteiger partial charge is 0.406 e. The minimum atomic E-state index is -4.86. The Morgan fingerprint density at radius 2 is 1.69 bits per heavy atom. The molecular weight excluding hydrogens is 1110 g/mol. The third-order valence-electron chi connectivity index (χ3n) is 15.2. The second-order valence-corrected chi connectivity index (χ2v) is 23.4. The van der Waals surface area contributed by atoms with Gasteiger partial charge in [0, 0.05) is 93.7 Å². The van der Waals surface area contributed by atoms with Gasteiger partial charge in [-0.3, -0.25) is 38.9 Å². The van der Waals surface area contributed by atoms with Crippen LogP contribution in [0.5, 0.6) is 0 Å². The number of thiazole rings is 1. The Kier molecular flexibility index (Phi) is 18.1. The molecule has 0 saturated carbocycles. The summed E-state index contributed by atoms with van der Waals surface area (Å²) in [6.07, 6.45) is -8.17. The van der Waals surface area contributed by atoms with Crippen LogP contribution in [0.4, 0.5) is 40.8 Å². The maximum atomic E-state index is 17.0. The Balaban J connectivity index is 1.22. The number of rotatable bonds is 12. The number of carbonyl (C=O) groups is 5. The van der Waals surface area contributed by atoms with Gasteiger partial charge in [0.25, 0.3) is 17.4 Å². The largest absolute Gasteiger partial charge is 0.464 e. The van der Waals surface area contributed by atoms with Crippen LogP contribution in [0.2, 0.25) is 0 Å². The number of piperazine rings is 1. The van der Waals surface area contributed by atoms with Crippen molar-refractivity contribution in [1.29, 1.82) is 0 Å². The van der Waals surface area contributed by atoms with E-state index in [-0.39, 0.29) is 122 Å². The summed E-state index contributed by atoms with van der Waals surface area (Å²) in [5.41, 5.74) is 0.598. The standard InChI is InChI=1S/C53H65ClF8N10O7S/c1-28(2)43(67(6)47(74)30-10-12-70(23-30)49(76)45(54)56)46(73)65-38-20-41-64-39(24-80-41)33-18-32-35(21-51(4,5)27-79-50(77)37-9-8-11-72(66-37)48(38)75)44(71(26-53(60,61)62)40(32)19-36(33)55)34-17-31(22-63-42(34)29(3)78-7)69-15-13-68(14-16-69)25-52(57,58)59/h17-19,22,24,28-30,37-38,43,45,66H,8-16,20-21,23,25-27H2,1-7H3,(H,65,73)/t29-,30-,37-,38-,43-,45-/m0/s1. The third-order valence-corrected chi connectivity index (χ3v) is 16.2. The highest BCUT2D eigenvalue weighted by atomic mass is 35.5. The number of amides is 4. The fourth-order valence-electron chi connectivity index (χ4n) is 11.2. The van der Waals surface area contributed by atoms with E-state index in [0.717, 1.165) is 26.9 Å². The lowest BCUT2D eigenvalue weighted by Crippen LogP contribution is -2.62. The Morgan fingerprint density at radius 3 is 2.34 bits per heavy atom. The van der Waals surface area contributed by atoms with Crippen LogP contribution in [-0.2, 0) is 52.8 Å². The Morgan fingerprint density at radius 1 is 0.988 bits per heavy atom. The first-order valence-electron chi connectivity index (χ1n) is 26.3. The van der Waals surface area contributed by atoms with Crippen molar-refractivity contribution in [2.24, 2.45) is 17.3 Å². The van der Waals surface area contributed by atoms with E-state index < -0.39 is 108 Å². The number of alkyl halides is 8. The molecule has 0 radical (unpaired) electrons. The molecule has 8 rings (SSSR count). The monoisotopic (exact) mass is 1170 g/mol. The second kappa shape index (κ2) is 24.0. The van der Waals surface area contributed by atoms with Gasteiger partial charge in [0.2, 0.25) is 11.8 Å². The number of likely N-dealkylation sites (tertiary alicyclic amines) is 1. The van der Waals surface area contributed by atoms with Gasteiger partial charge in [0.05, 0.1) is 64.7 Å².